The highest BCUT2D eigenvalue weighted by molar-refractivity contribution is 6.30. The van der Waals surface area contributed by atoms with Crippen LogP contribution in [-0.2, 0) is 0 Å². The highest BCUT2D eigenvalue weighted by atomic mass is 35.5. The Morgan fingerprint density at radius 3 is 3.04 bits per heavy atom. The largest absolute Gasteiger partial charge is 0.394 e. The summed E-state index contributed by atoms with van der Waals surface area (Å²) in [5.41, 5.74) is 2.32. The fourth-order valence-electron chi connectivity index (χ4n) is 3.05. The molecule has 1 aliphatic heterocycles. The molecule has 1 atom stereocenters. The van der Waals surface area contributed by atoms with E-state index in [1.54, 1.807) is 21.8 Å². The van der Waals surface area contributed by atoms with Gasteiger partial charge in [0.15, 0.2) is 0 Å². The lowest BCUT2D eigenvalue weighted by molar-refractivity contribution is 0.115. The number of anilines is 1. The van der Waals surface area contributed by atoms with Crippen LogP contribution in [0, 0.1) is 6.92 Å². The second-order valence-corrected chi connectivity index (χ2v) is 6.43. The summed E-state index contributed by atoms with van der Waals surface area (Å²) in [6, 6.07) is 7.09. The lowest BCUT2D eigenvalue weighted by Crippen LogP contribution is -2.47. The molecule has 2 heterocycles. The molecule has 128 valence electrons. The monoisotopic (exact) mass is 348 g/mol. The van der Waals surface area contributed by atoms with Crippen LogP contribution >= 0.6 is 11.6 Å². The van der Waals surface area contributed by atoms with E-state index < -0.39 is 0 Å². The summed E-state index contributed by atoms with van der Waals surface area (Å²) in [5.74, 6) is 0. The molecule has 2 N–H and O–H groups in total. The van der Waals surface area contributed by atoms with Crippen molar-refractivity contribution >= 4 is 23.3 Å². The lowest BCUT2D eigenvalue weighted by atomic mass is 10.0. The smallest absolute Gasteiger partial charge is 0.322 e. The number of amides is 2. The van der Waals surface area contributed by atoms with Gasteiger partial charge in [-0.05, 0) is 44.4 Å². The zero-order valence-electron chi connectivity index (χ0n) is 13.6. The van der Waals surface area contributed by atoms with Gasteiger partial charge in [-0.2, -0.15) is 5.10 Å². The molecule has 2 aromatic rings. The Kier molecular flexibility index (Phi) is 5.06. The van der Waals surface area contributed by atoms with Crippen LogP contribution in [0.15, 0.2) is 30.5 Å². The molecule has 3 rings (SSSR count). The van der Waals surface area contributed by atoms with E-state index in [-0.39, 0.29) is 18.7 Å². The highest BCUT2D eigenvalue weighted by Gasteiger charge is 2.26. The second-order valence-electron chi connectivity index (χ2n) is 5.99. The molecule has 0 aliphatic carbocycles. The van der Waals surface area contributed by atoms with Gasteiger partial charge in [0.2, 0.25) is 0 Å². The molecule has 1 aromatic carbocycles. The second kappa shape index (κ2) is 7.23. The number of aliphatic hydroxyl groups is 1. The molecule has 1 aliphatic rings. The Hall–Kier alpha value is -2.05. The molecular formula is C17H21ClN4O2. The number of likely N-dealkylation sites (tertiary alicyclic amines) is 1. The Balaban J connectivity index is 1.77. The van der Waals surface area contributed by atoms with Gasteiger partial charge in [-0.15, -0.1) is 0 Å². The van der Waals surface area contributed by atoms with E-state index >= 15 is 0 Å². The third-order valence-electron chi connectivity index (χ3n) is 4.40. The summed E-state index contributed by atoms with van der Waals surface area (Å²) >= 11 is 6.03. The van der Waals surface area contributed by atoms with Crippen molar-refractivity contribution in [2.75, 3.05) is 18.5 Å². The summed E-state index contributed by atoms with van der Waals surface area (Å²) in [7, 11) is 0. The molecule has 0 saturated carbocycles. The average Bonchev–Trinajstić information content (AvgIpc) is 2.95. The molecule has 6 nitrogen and oxygen atoms in total. The zero-order chi connectivity index (χ0) is 17.1. The molecule has 0 radical (unpaired) electrons. The maximum Gasteiger partial charge on any atom is 0.322 e. The fraction of sp³-hybridized carbons (Fsp3) is 0.412. The van der Waals surface area contributed by atoms with Gasteiger partial charge < -0.3 is 15.3 Å². The first-order chi connectivity index (χ1) is 11.6. The van der Waals surface area contributed by atoms with Crippen molar-refractivity contribution in [1.29, 1.82) is 0 Å². The van der Waals surface area contributed by atoms with Crippen molar-refractivity contribution in [2.24, 2.45) is 0 Å². The summed E-state index contributed by atoms with van der Waals surface area (Å²) in [5, 5.41) is 17.3. The van der Waals surface area contributed by atoms with Gasteiger partial charge in [-0.3, -0.25) is 0 Å². The Morgan fingerprint density at radius 1 is 1.46 bits per heavy atom. The van der Waals surface area contributed by atoms with Crippen LogP contribution in [0.5, 0.6) is 0 Å². The quantitative estimate of drug-likeness (QED) is 0.894. The predicted molar refractivity (Wildman–Crippen MR) is 93.8 cm³/mol. The van der Waals surface area contributed by atoms with Crippen molar-refractivity contribution in [3.8, 4) is 5.69 Å². The molecule has 2 amide bonds. The first-order valence-electron chi connectivity index (χ1n) is 8.09. The van der Waals surface area contributed by atoms with E-state index in [1.165, 1.54) is 0 Å². The molecule has 1 unspecified atom stereocenters. The molecule has 7 heteroatoms. The van der Waals surface area contributed by atoms with E-state index in [2.05, 4.69) is 10.4 Å². The minimum Gasteiger partial charge on any atom is -0.394 e. The molecular weight excluding hydrogens is 328 g/mol. The number of carbonyl (C=O) groups is 1. The Morgan fingerprint density at radius 2 is 2.29 bits per heavy atom. The first-order valence-corrected chi connectivity index (χ1v) is 8.47. The van der Waals surface area contributed by atoms with Gasteiger partial charge in [0, 0.05) is 11.6 Å². The van der Waals surface area contributed by atoms with Crippen LogP contribution < -0.4 is 5.32 Å². The average molecular weight is 349 g/mol. The molecule has 1 fully saturated rings. The number of aliphatic hydroxyl groups excluding tert-OH is 1. The molecule has 24 heavy (non-hydrogen) atoms. The van der Waals surface area contributed by atoms with Gasteiger partial charge in [0.1, 0.15) is 0 Å². The van der Waals surface area contributed by atoms with Crippen LogP contribution in [-0.4, -0.2) is 45.0 Å². The summed E-state index contributed by atoms with van der Waals surface area (Å²) in [4.78, 5) is 14.2. The predicted octanol–water partition coefficient (Wildman–Crippen LogP) is 3.21. The number of piperidine rings is 1. The topological polar surface area (TPSA) is 70.4 Å². The molecule has 0 spiro atoms. The van der Waals surface area contributed by atoms with Gasteiger partial charge in [0.25, 0.3) is 0 Å². The molecule has 1 aromatic heterocycles. The SMILES string of the molecule is Cc1c(NC(=O)N2CCCCC2CO)cnn1-c1cccc(Cl)c1. The van der Waals surface area contributed by atoms with Crippen LogP contribution in [0.4, 0.5) is 10.5 Å². The third-order valence-corrected chi connectivity index (χ3v) is 4.64. The summed E-state index contributed by atoms with van der Waals surface area (Å²) < 4.78 is 1.74. The number of halogens is 1. The van der Waals surface area contributed by atoms with E-state index in [0.717, 1.165) is 30.6 Å². The molecule has 1 saturated heterocycles. The number of nitrogens with one attached hydrogen (secondary N) is 1. The van der Waals surface area contributed by atoms with Crippen LogP contribution in [0.3, 0.4) is 0 Å². The van der Waals surface area contributed by atoms with Crippen LogP contribution in [0.1, 0.15) is 25.0 Å². The lowest BCUT2D eigenvalue weighted by Gasteiger charge is -2.34. The maximum atomic E-state index is 12.5. The number of benzene rings is 1. The third kappa shape index (κ3) is 3.39. The minimum atomic E-state index is -0.192. The van der Waals surface area contributed by atoms with Crippen molar-refractivity contribution in [3.05, 3.63) is 41.2 Å². The highest BCUT2D eigenvalue weighted by Crippen LogP contribution is 2.22. The van der Waals surface area contributed by atoms with Gasteiger partial charge in [-0.25, -0.2) is 9.48 Å². The number of hydrogen-bond donors (Lipinski definition) is 2. The van der Waals surface area contributed by atoms with Gasteiger partial charge >= 0.3 is 6.03 Å². The maximum absolute atomic E-state index is 12.5. The van der Waals surface area contributed by atoms with Crippen LogP contribution in [0.25, 0.3) is 5.69 Å². The van der Waals surface area contributed by atoms with Crippen molar-refractivity contribution in [1.82, 2.24) is 14.7 Å². The first kappa shape index (κ1) is 16.8. The number of rotatable bonds is 3. The number of aromatic nitrogens is 2. The Labute approximate surface area is 146 Å². The number of hydrogen-bond acceptors (Lipinski definition) is 3. The number of nitrogens with zero attached hydrogens (tertiary/aromatic N) is 3. The zero-order valence-corrected chi connectivity index (χ0v) is 14.3. The molecule has 0 bridgehead atoms. The van der Waals surface area contributed by atoms with Crippen molar-refractivity contribution < 1.29 is 9.90 Å². The normalized spacial score (nSPS) is 17.8. The van der Waals surface area contributed by atoms with Crippen LogP contribution in [0.2, 0.25) is 5.02 Å². The standard InChI is InChI=1S/C17H21ClN4O2/c1-12-16(10-19-22(12)14-7-4-5-13(18)9-14)20-17(24)21-8-3-2-6-15(21)11-23/h4-5,7,9-10,15,23H,2-3,6,8,11H2,1H3,(H,20,24). The van der Waals surface area contributed by atoms with E-state index in [1.807, 2.05) is 25.1 Å². The van der Waals surface area contributed by atoms with Crippen molar-refractivity contribution in [3.63, 3.8) is 0 Å². The van der Waals surface area contributed by atoms with E-state index in [9.17, 15) is 9.90 Å². The van der Waals surface area contributed by atoms with E-state index in [0.29, 0.717) is 17.3 Å². The fourth-order valence-corrected chi connectivity index (χ4v) is 3.23. The Bertz CT molecular complexity index is 731. The van der Waals surface area contributed by atoms with Gasteiger partial charge in [-0.1, -0.05) is 17.7 Å². The van der Waals surface area contributed by atoms with Gasteiger partial charge in [0.05, 0.1) is 35.9 Å². The number of urea groups is 1. The minimum absolute atomic E-state index is 0.00578. The number of carbonyl (C=O) groups excluding carboxylic acids is 1. The summed E-state index contributed by atoms with van der Waals surface area (Å²) in [6.07, 6.45) is 4.47. The van der Waals surface area contributed by atoms with E-state index in [4.69, 9.17) is 11.6 Å². The summed E-state index contributed by atoms with van der Waals surface area (Å²) in [6.45, 7) is 2.55. The van der Waals surface area contributed by atoms with Crippen molar-refractivity contribution in [2.45, 2.75) is 32.2 Å².